The first-order valence-electron chi connectivity index (χ1n) is 7.93. The number of hydrazone groups is 1. The van der Waals surface area contributed by atoms with Gasteiger partial charge in [0.25, 0.3) is 5.91 Å². The van der Waals surface area contributed by atoms with Crippen molar-refractivity contribution in [1.82, 2.24) is 9.99 Å². The fourth-order valence-corrected chi connectivity index (χ4v) is 2.34. The summed E-state index contributed by atoms with van der Waals surface area (Å²) in [5, 5.41) is 4.17. The van der Waals surface area contributed by atoms with E-state index in [2.05, 4.69) is 10.5 Å². The van der Waals surface area contributed by atoms with Gasteiger partial charge in [-0.15, -0.1) is 0 Å². The summed E-state index contributed by atoms with van der Waals surface area (Å²) in [5.74, 6) is 1.29. The molecule has 0 radical (unpaired) electrons. The zero-order chi connectivity index (χ0) is 17.6. The van der Waals surface area contributed by atoms with Crippen molar-refractivity contribution in [3.05, 3.63) is 84.2 Å². The van der Waals surface area contributed by atoms with Gasteiger partial charge in [0.2, 0.25) is 0 Å². The SMILES string of the molecule is CC(=NNC(=O)c1cccn1C)c1ccc(Oc2ccccc2)cc1. The highest BCUT2D eigenvalue weighted by Gasteiger charge is 2.08. The lowest BCUT2D eigenvalue weighted by molar-refractivity contribution is 0.0947. The standard InChI is InChI=1S/C20H19N3O2/c1-15(21-22-20(24)19-9-6-14-23(19)2)16-10-12-18(13-11-16)25-17-7-4-3-5-8-17/h3-14H,1-2H3,(H,22,24). The van der Waals surface area contributed by atoms with Gasteiger partial charge in [-0.25, -0.2) is 5.43 Å². The Labute approximate surface area is 146 Å². The second-order valence-corrected chi connectivity index (χ2v) is 5.58. The number of ether oxygens (including phenoxy) is 1. The van der Waals surface area contributed by atoms with E-state index in [4.69, 9.17) is 4.74 Å². The Hall–Kier alpha value is -3.34. The molecule has 0 bridgehead atoms. The number of hydrogen-bond donors (Lipinski definition) is 1. The summed E-state index contributed by atoms with van der Waals surface area (Å²) in [6.07, 6.45) is 1.82. The molecule has 0 atom stereocenters. The number of hydrogen-bond acceptors (Lipinski definition) is 3. The highest BCUT2D eigenvalue weighted by atomic mass is 16.5. The number of amides is 1. The van der Waals surface area contributed by atoms with Crippen LogP contribution in [0, 0.1) is 0 Å². The molecule has 0 aliphatic carbocycles. The van der Waals surface area contributed by atoms with Crippen molar-refractivity contribution in [3.8, 4) is 11.5 Å². The first-order chi connectivity index (χ1) is 12.1. The van der Waals surface area contributed by atoms with Crippen LogP contribution >= 0.6 is 0 Å². The second-order valence-electron chi connectivity index (χ2n) is 5.58. The van der Waals surface area contributed by atoms with Gasteiger partial charge in [0.1, 0.15) is 17.2 Å². The predicted molar refractivity (Wildman–Crippen MR) is 98.0 cm³/mol. The average Bonchev–Trinajstić information content (AvgIpc) is 3.07. The summed E-state index contributed by atoms with van der Waals surface area (Å²) >= 11 is 0. The first kappa shape index (κ1) is 16.5. The van der Waals surface area contributed by atoms with Crippen LogP contribution in [0.5, 0.6) is 11.5 Å². The van der Waals surface area contributed by atoms with Crippen molar-refractivity contribution in [1.29, 1.82) is 0 Å². The predicted octanol–water partition coefficient (Wildman–Crippen LogP) is 3.97. The summed E-state index contributed by atoms with van der Waals surface area (Å²) in [6.45, 7) is 1.85. The van der Waals surface area contributed by atoms with Gasteiger partial charge in [-0.2, -0.15) is 5.10 Å². The fourth-order valence-electron chi connectivity index (χ4n) is 2.34. The molecule has 126 valence electrons. The molecule has 0 spiro atoms. The van der Waals surface area contributed by atoms with Crippen LogP contribution in [0.2, 0.25) is 0 Å². The quantitative estimate of drug-likeness (QED) is 0.567. The summed E-state index contributed by atoms with van der Waals surface area (Å²) in [7, 11) is 1.82. The second kappa shape index (κ2) is 7.49. The zero-order valence-corrected chi connectivity index (χ0v) is 14.1. The minimum Gasteiger partial charge on any atom is -0.457 e. The summed E-state index contributed by atoms with van der Waals surface area (Å²) in [5.41, 5.74) is 4.76. The van der Waals surface area contributed by atoms with Crippen molar-refractivity contribution in [2.75, 3.05) is 0 Å². The molecule has 0 saturated heterocycles. The minimum absolute atomic E-state index is 0.240. The van der Waals surface area contributed by atoms with Crippen molar-refractivity contribution in [2.24, 2.45) is 12.1 Å². The van der Waals surface area contributed by atoms with Crippen LogP contribution in [0.1, 0.15) is 23.0 Å². The van der Waals surface area contributed by atoms with Gasteiger partial charge in [-0.05, 0) is 61.0 Å². The van der Waals surface area contributed by atoms with E-state index in [0.29, 0.717) is 11.4 Å². The first-order valence-corrected chi connectivity index (χ1v) is 7.93. The van der Waals surface area contributed by atoms with Crippen molar-refractivity contribution in [2.45, 2.75) is 6.92 Å². The lowest BCUT2D eigenvalue weighted by Gasteiger charge is -2.07. The maximum atomic E-state index is 12.1. The Bertz CT molecular complexity index is 881. The van der Waals surface area contributed by atoms with E-state index >= 15 is 0 Å². The topological polar surface area (TPSA) is 55.6 Å². The van der Waals surface area contributed by atoms with E-state index in [1.165, 1.54) is 0 Å². The molecule has 1 aromatic heterocycles. The Morgan fingerprint density at radius 3 is 2.28 bits per heavy atom. The van der Waals surface area contributed by atoms with Crippen LogP contribution in [0.25, 0.3) is 0 Å². The lowest BCUT2D eigenvalue weighted by Crippen LogP contribution is -2.21. The fraction of sp³-hybridized carbons (Fsp3) is 0.100. The van der Waals surface area contributed by atoms with E-state index in [1.54, 1.807) is 10.6 Å². The molecule has 0 unspecified atom stereocenters. The van der Waals surface area contributed by atoms with Crippen molar-refractivity contribution >= 4 is 11.6 Å². The third kappa shape index (κ3) is 4.14. The van der Waals surface area contributed by atoms with E-state index < -0.39 is 0 Å². The molecule has 3 rings (SSSR count). The van der Waals surface area contributed by atoms with Crippen molar-refractivity contribution in [3.63, 3.8) is 0 Å². The number of benzene rings is 2. The van der Waals surface area contributed by atoms with Gasteiger partial charge in [-0.1, -0.05) is 18.2 Å². The molecular weight excluding hydrogens is 314 g/mol. The van der Waals surface area contributed by atoms with Gasteiger partial charge in [0.05, 0.1) is 5.71 Å². The van der Waals surface area contributed by atoms with Crippen LogP contribution < -0.4 is 10.2 Å². The third-order valence-corrected chi connectivity index (χ3v) is 3.75. The molecule has 5 nitrogen and oxygen atoms in total. The summed E-state index contributed by atoms with van der Waals surface area (Å²) in [6, 6.07) is 20.7. The number of aromatic nitrogens is 1. The molecule has 0 fully saturated rings. The number of nitrogens with zero attached hydrogens (tertiary/aromatic N) is 2. The normalized spacial score (nSPS) is 11.2. The van der Waals surface area contributed by atoms with E-state index in [1.807, 2.05) is 80.8 Å². The smallest absolute Gasteiger partial charge is 0.287 e. The highest BCUT2D eigenvalue weighted by Crippen LogP contribution is 2.21. The highest BCUT2D eigenvalue weighted by molar-refractivity contribution is 6.00. The van der Waals surface area contributed by atoms with E-state index in [-0.39, 0.29) is 5.91 Å². The Morgan fingerprint density at radius 1 is 0.960 bits per heavy atom. The molecule has 0 aliphatic heterocycles. The third-order valence-electron chi connectivity index (χ3n) is 3.75. The molecule has 1 N–H and O–H groups in total. The van der Waals surface area contributed by atoms with Crippen LogP contribution in [0.3, 0.4) is 0 Å². The van der Waals surface area contributed by atoms with Gasteiger partial charge in [-0.3, -0.25) is 4.79 Å². The Balaban J connectivity index is 1.65. The van der Waals surface area contributed by atoms with E-state index in [0.717, 1.165) is 17.1 Å². The average molecular weight is 333 g/mol. The number of nitrogens with one attached hydrogen (secondary N) is 1. The number of para-hydroxylation sites is 1. The maximum absolute atomic E-state index is 12.1. The van der Waals surface area contributed by atoms with Crippen molar-refractivity contribution < 1.29 is 9.53 Å². The van der Waals surface area contributed by atoms with Gasteiger partial charge in [0.15, 0.2) is 0 Å². The monoisotopic (exact) mass is 333 g/mol. The Morgan fingerprint density at radius 2 is 1.64 bits per heavy atom. The van der Waals surface area contributed by atoms with Gasteiger partial charge >= 0.3 is 0 Å². The molecule has 2 aromatic carbocycles. The largest absolute Gasteiger partial charge is 0.457 e. The Kier molecular flexibility index (Phi) is 4.95. The molecule has 5 heteroatoms. The van der Waals surface area contributed by atoms with Crippen LogP contribution in [0.4, 0.5) is 0 Å². The number of aryl methyl sites for hydroxylation is 1. The van der Waals surface area contributed by atoms with Crippen LogP contribution in [-0.4, -0.2) is 16.2 Å². The molecule has 3 aromatic rings. The van der Waals surface area contributed by atoms with Gasteiger partial charge in [0, 0.05) is 13.2 Å². The van der Waals surface area contributed by atoms with E-state index in [9.17, 15) is 4.79 Å². The number of carbonyl (C=O) groups is 1. The molecular formula is C20H19N3O2. The molecule has 0 saturated carbocycles. The van der Waals surface area contributed by atoms with Crippen LogP contribution in [0.15, 0.2) is 78.0 Å². The molecule has 1 heterocycles. The lowest BCUT2D eigenvalue weighted by atomic mass is 10.1. The maximum Gasteiger partial charge on any atom is 0.287 e. The van der Waals surface area contributed by atoms with Gasteiger partial charge < -0.3 is 9.30 Å². The molecule has 25 heavy (non-hydrogen) atoms. The molecule has 1 amide bonds. The summed E-state index contributed by atoms with van der Waals surface area (Å²) in [4.78, 5) is 12.1. The zero-order valence-electron chi connectivity index (χ0n) is 14.1. The molecule has 0 aliphatic rings. The van der Waals surface area contributed by atoms with Crippen LogP contribution in [-0.2, 0) is 7.05 Å². The number of carbonyl (C=O) groups excluding carboxylic acids is 1. The summed E-state index contributed by atoms with van der Waals surface area (Å²) < 4.78 is 7.51. The number of rotatable bonds is 5. The minimum atomic E-state index is -0.240.